The molecule has 0 bridgehead atoms. The van der Waals surface area contributed by atoms with Crippen molar-refractivity contribution in [1.82, 2.24) is 0 Å². The zero-order chi connectivity index (χ0) is 25.4. The average Bonchev–Trinajstić information content (AvgIpc) is 2.82. The van der Waals surface area contributed by atoms with Gasteiger partial charge < -0.3 is 38.6 Å². The summed E-state index contributed by atoms with van der Waals surface area (Å²) in [6, 6.07) is 4.62. The van der Waals surface area contributed by atoms with Gasteiger partial charge in [0.2, 0.25) is 11.5 Å². The van der Waals surface area contributed by atoms with Gasteiger partial charge in [-0.2, -0.15) is 0 Å². The number of benzene rings is 2. The molecule has 0 unspecified atom stereocenters. The van der Waals surface area contributed by atoms with E-state index in [1.807, 2.05) is 0 Å². The maximum atomic E-state index is 12.3. The number of esters is 2. The van der Waals surface area contributed by atoms with Crippen LogP contribution in [-0.4, -0.2) is 62.5 Å². The number of carboxylic acids is 2. The summed E-state index contributed by atoms with van der Waals surface area (Å²) in [5.74, 6) is -4.70. The lowest BCUT2D eigenvalue weighted by Crippen LogP contribution is -2.16. The minimum Gasteiger partial charge on any atom is -0.493 e. The van der Waals surface area contributed by atoms with E-state index in [4.69, 9.17) is 38.6 Å². The summed E-state index contributed by atoms with van der Waals surface area (Å²) >= 11 is 0. The predicted molar refractivity (Wildman–Crippen MR) is 114 cm³/mol. The van der Waals surface area contributed by atoms with Crippen molar-refractivity contribution in [2.75, 3.05) is 28.4 Å². The number of methoxy groups -OCH3 is 4. The van der Waals surface area contributed by atoms with Crippen molar-refractivity contribution < 1.29 is 57.8 Å². The van der Waals surface area contributed by atoms with E-state index in [-0.39, 0.29) is 45.6 Å². The van der Waals surface area contributed by atoms with Crippen LogP contribution in [0.5, 0.6) is 34.5 Å². The molecule has 0 aliphatic heterocycles. The summed E-state index contributed by atoms with van der Waals surface area (Å²) in [5.41, 5.74) is -0.289. The molecule has 0 aliphatic carbocycles. The molecule has 2 aromatic carbocycles. The zero-order valence-corrected chi connectivity index (χ0v) is 18.7. The first-order valence-corrected chi connectivity index (χ1v) is 9.55. The fourth-order valence-corrected chi connectivity index (χ4v) is 2.74. The Balaban J connectivity index is 2.13. The van der Waals surface area contributed by atoms with Crippen LogP contribution in [0.4, 0.5) is 0 Å². The fourth-order valence-electron chi connectivity index (χ4n) is 2.74. The molecule has 2 N–H and O–H groups in total. The van der Waals surface area contributed by atoms with Gasteiger partial charge in [0.15, 0.2) is 23.0 Å². The average molecular weight is 478 g/mol. The molecule has 0 saturated carbocycles. The Labute approximate surface area is 193 Å². The first kappa shape index (κ1) is 25.8. The number of carbonyl (C=O) groups excluding carboxylic acids is 2. The van der Waals surface area contributed by atoms with Crippen molar-refractivity contribution >= 4 is 23.9 Å². The van der Waals surface area contributed by atoms with Gasteiger partial charge in [-0.25, -0.2) is 9.59 Å². The van der Waals surface area contributed by atoms with E-state index < -0.39 is 36.7 Å². The van der Waals surface area contributed by atoms with Gasteiger partial charge in [0, 0.05) is 0 Å². The minimum absolute atomic E-state index is 0.0549. The van der Waals surface area contributed by atoms with Gasteiger partial charge in [-0.15, -0.1) is 0 Å². The summed E-state index contributed by atoms with van der Waals surface area (Å²) in [6.45, 7) is 0. The summed E-state index contributed by atoms with van der Waals surface area (Å²) in [5, 5.41) is 18.3. The van der Waals surface area contributed by atoms with E-state index in [2.05, 4.69) is 0 Å². The maximum absolute atomic E-state index is 12.3. The standard InChI is InChI=1S/C22H22O12/c1-29-13-7-11(21(25)26)8-14(30-2)19(13)33-17(23)5-6-18(24)34-20-15(31-3)9-12(22(27)28)10-16(20)32-4/h7-10H,5-6H2,1-4H3,(H,25,26)(H,27,28). The van der Waals surface area contributed by atoms with Crippen LogP contribution < -0.4 is 28.4 Å². The van der Waals surface area contributed by atoms with Crippen LogP contribution in [0, 0.1) is 0 Å². The molecule has 0 saturated heterocycles. The van der Waals surface area contributed by atoms with Crippen molar-refractivity contribution in [2.24, 2.45) is 0 Å². The number of rotatable bonds is 11. The summed E-state index contributed by atoms with van der Waals surface area (Å²) in [4.78, 5) is 47.1. The van der Waals surface area contributed by atoms with Gasteiger partial charge >= 0.3 is 23.9 Å². The molecule has 34 heavy (non-hydrogen) atoms. The maximum Gasteiger partial charge on any atom is 0.335 e. The van der Waals surface area contributed by atoms with E-state index in [1.54, 1.807) is 0 Å². The lowest BCUT2D eigenvalue weighted by molar-refractivity contribution is -0.140. The van der Waals surface area contributed by atoms with Crippen LogP contribution >= 0.6 is 0 Å². The van der Waals surface area contributed by atoms with Gasteiger partial charge in [0.05, 0.1) is 52.4 Å². The van der Waals surface area contributed by atoms with Gasteiger partial charge in [-0.05, 0) is 24.3 Å². The SMILES string of the molecule is COc1cc(C(=O)O)cc(OC)c1OC(=O)CCC(=O)Oc1c(OC)cc(C(=O)O)cc1OC. The Hall–Kier alpha value is -4.48. The summed E-state index contributed by atoms with van der Waals surface area (Å²) in [6.07, 6.45) is -0.826. The molecule has 2 aromatic rings. The van der Waals surface area contributed by atoms with Gasteiger partial charge in [-0.3, -0.25) is 9.59 Å². The first-order valence-electron chi connectivity index (χ1n) is 9.55. The predicted octanol–water partition coefficient (Wildman–Crippen LogP) is 2.41. The smallest absolute Gasteiger partial charge is 0.335 e. The molecule has 0 fully saturated rings. The number of ether oxygens (including phenoxy) is 6. The van der Waals surface area contributed by atoms with E-state index in [0.717, 1.165) is 24.3 Å². The van der Waals surface area contributed by atoms with Gasteiger partial charge in [0.1, 0.15) is 0 Å². The van der Waals surface area contributed by atoms with Crippen LogP contribution in [-0.2, 0) is 9.59 Å². The molecule has 12 nitrogen and oxygen atoms in total. The summed E-state index contributed by atoms with van der Waals surface area (Å²) < 4.78 is 30.8. The largest absolute Gasteiger partial charge is 0.493 e. The monoisotopic (exact) mass is 478 g/mol. The fraction of sp³-hybridized carbons (Fsp3) is 0.273. The molecule has 0 radical (unpaired) electrons. The van der Waals surface area contributed by atoms with E-state index in [9.17, 15) is 19.2 Å². The van der Waals surface area contributed by atoms with Crippen LogP contribution in [0.25, 0.3) is 0 Å². The van der Waals surface area contributed by atoms with E-state index in [0.29, 0.717) is 0 Å². The van der Waals surface area contributed by atoms with Crippen LogP contribution in [0.15, 0.2) is 24.3 Å². The molecule has 0 amide bonds. The third kappa shape index (κ3) is 6.06. The molecule has 182 valence electrons. The Morgan fingerprint density at radius 3 is 1.06 bits per heavy atom. The second-order valence-corrected chi connectivity index (χ2v) is 6.48. The summed E-state index contributed by atoms with van der Waals surface area (Å²) in [7, 11) is 5.02. The molecule has 0 atom stereocenters. The molecule has 0 aromatic heterocycles. The topological polar surface area (TPSA) is 164 Å². The van der Waals surface area contributed by atoms with Gasteiger partial charge in [0.25, 0.3) is 0 Å². The van der Waals surface area contributed by atoms with Crippen LogP contribution in [0.1, 0.15) is 33.6 Å². The molecular formula is C22H22O12. The highest BCUT2D eigenvalue weighted by molar-refractivity contribution is 5.91. The Morgan fingerprint density at radius 2 is 0.853 bits per heavy atom. The molecule has 2 rings (SSSR count). The van der Waals surface area contributed by atoms with Crippen LogP contribution in [0.2, 0.25) is 0 Å². The molecular weight excluding hydrogens is 456 g/mol. The van der Waals surface area contributed by atoms with Crippen molar-refractivity contribution in [3.8, 4) is 34.5 Å². The number of hydrogen-bond acceptors (Lipinski definition) is 10. The van der Waals surface area contributed by atoms with E-state index in [1.165, 1.54) is 28.4 Å². The lowest BCUT2D eigenvalue weighted by atomic mass is 10.2. The molecule has 0 spiro atoms. The number of hydrogen-bond donors (Lipinski definition) is 2. The van der Waals surface area contributed by atoms with Crippen molar-refractivity contribution in [1.29, 1.82) is 0 Å². The number of carbonyl (C=O) groups is 4. The highest BCUT2D eigenvalue weighted by Gasteiger charge is 2.23. The van der Waals surface area contributed by atoms with E-state index >= 15 is 0 Å². The lowest BCUT2D eigenvalue weighted by Gasteiger charge is -2.15. The van der Waals surface area contributed by atoms with Gasteiger partial charge in [-0.1, -0.05) is 0 Å². The van der Waals surface area contributed by atoms with Crippen LogP contribution in [0.3, 0.4) is 0 Å². The molecule has 0 heterocycles. The first-order chi connectivity index (χ1) is 16.1. The highest BCUT2D eigenvalue weighted by Crippen LogP contribution is 2.40. The quantitative estimate of drug-likeness (QED) is 0.358. The van der Waals surface area contributed by atoms with Crippen molar-refractivity contribution in [2.45, 2.75) is 12.8 Å². The Morgan fingerprint density at radius 1 is 0.588 bits per heavy atom. The molecule has 0 aliphatic rings. The Kier molecular flexibility index (Phi) is 8.65. The second kappa shape index (κ2) is 11.4. The second-order valence-electron chi connectivity index (χ2n) is 6.48. The number of aromatic carboxylic acids is 2. The third-order valence-electron chi connectivity index (χ3n) is 4.38. The normalized spacial score (nSPS) is 10.1. The van der Waals surface area contributed by atoms with Crippen molar-refractivity contribution in [3.05, 3.63) is 35.4 Å². The minimum atomic E-state index is -1.24. The van der Waals surface area contributed by atoms with Crippen molar-refractivity contribution in [3.63, 3.8) is 0 Å². The number of carboxylic acid groups (broad SMARTS) is 2. The zero-order valence-electron chi connectivity index (χ0n) is 18.7. The molecule has 12 heteroatoms. The highest BCUT2D eigenvalue weighted by atomic mass is 16.6. The third-order valence-corrected chi connectivity index (χ3v) is 4.38. The Bertz CT molecular complexity index is 968.